The van der Waals surface area contributed by atoms with Crippen LogP contribution in [0.1, 0.15) is 40.3 Å². The van der Waals surface area contributed by atoms with Gasteiger partial charge in [-0.05, 0) is 20.8 Å². The minimum atomic E-state index is -0.321. The van der Waals surface area contributed by atoms with Crippen molar-refractivity contribution in [2.45, 2.75) is 33.4 Å². The van der Waals surface area contributed by atoms with Crippen LogP contribution in [0, 0.1) is 6.92 Å². The molecule has 1 unspecified atom stereocenters. The first-order chi connectivity index (χ1) is 12.0. The van der Waals surface area contributed by atoms with Crippen molar-refractivity contribution in [2.24, 2.45) is 4.99 Å². The summed E-state index contributed by atoms with van der Waals surface area (Å²) in [6.07, 6.45) is 5.44. The van der Waals surface area contributed by atoms with Crippen LogP contribution in [0.3, 0.4) is 0 Å². The Kier molecular flexibility index (Phi) is 9.55. The molecule has 0 bridgehead atoms. The fourth-order valence-electron chi connectivity index (χ4n) is 2.17. The number of esters is 1. The van der Waals surface area contributed by atoms with E-state index in [0.717, 1.165) is 11.6 Å². The molecule has 144 valence electrons. The average molecular weight is 492 g/mol. The van der Waals surface area contributed by atoms with Crippen molar-refractivity contribution >= 4 is 47.2 Å². The van der Waals surface area contributed by atoms with Crippen molar-refractivity contribution in [3.05, 3.63) is 34.3 Å². The summed E-state index contributed by atoms with van der Waals surface area (Å²) < 4.78 is 7.05. The van der Waals surface area contributed by atoms with Crippen LogP contribution in [0.15, 0.2) is 23.7 Å². The summed E-state index contributed by atoms with van der Waals surface area (Å²) in [5.41, 5.74) is 0.690. The maximum atomic E-state index is 11.9. The third kappa shape index (κ3) is 6.24. The summed E-state index contributed by atoms with van der Waals surface area (Å²) in [6, 6.07) is -0.0775. The number of aryl methyl sites for hydroxylation is 1. The predicted molar refractivity (Wildman–Crippen MR) is 113 cm³/mol. The van der Waals surface area contributed by atoms with Crippen LogP contribution in [0.5, 0.6) is 0 Å². The lowest BCUT2D eigenvalue weighted by atomic mass is 10.3. The number of imidazole rings is 1. The first-order valence-corrected chi connectivity index (χ1v) is 8.94. The third-order valence-electron chi connectivity index (χ3n) is 3.44. The molecule has 2 aromatic rings. The average Bonchev–Trinajstić information content (AvgIpc) is 3.23. The molecule has 2 rings (SSSR count). The van der Waals surface area contributed by atoms with E-state index in [9.17, 15) is 4.79 Å². The Balaban J connectivity index is 0.00000338. The number of hydrogen-bond donors (Lipinski definition) is 2. The molecule has 26 heavy (non-hydrogen) atoms. The van der Waals surface area contributed by atoms with E-state index in [2.05, 4.69) is 25.6 Å². The normalized spacial score (nSPS) is 12.2. The number of guanidine groups is 1. The lowest BCUT2D eigenvalue weighted by Crippen LogP contribution is -2.40. The highest BCUT2D eigenvalue weighted by molar-refractivity contribution is 14.0. The van der Waals surface area contributed by atoms with Crippen molar-refractivity contribution in [2.75, 3.05) is 20.2 Å². The molecular formula is C16H25IN6O2S. The molecule has 10 heteroatoms. The van der Waals surface area contributed by atoms with Gasteiger partial charge in [0.1, 0.15) is 9.88 Å². The van der Waals surface area contributed by atoms with E-state index in [4.69, 9.17) is 4.74 Å². The van der Waals surface area contributed by atoms with Gasteiger partial charge in [0, 0.05) is 32.5 Å². The highest BCUT2D eigenvalue weighted by Crippen LogP contribution is 2.24. The number of hydrogen-bond acceptors (Lipinski definition) is 6. The van der Waals surface area contributed by atoms with Crippen molar-refractivity contribution in [3.8, 4) is 0 Å². The molecule has 0 aliphatic heterocycles. The number of nitrogens with one attached hydrogen (secondary N) is 2. The fraction of sp³-hybridized carbons (Fsp3) is 0.500. The van der Waals surface area contributed by atoms with Gasteiger partial charge in [-0.3, -0.25) is 4.99 Å². The zero-order valence-electron chi connectivity index (χ0n) is 15.4. The summed E-state index contributed by atoms with van der Waals surface area (Å²) in [6.45, 7) is 7.45. The molecule has 0 saturated heterocycles. The third-order valence-corrected chi connectivity index (χ3v) is 4.76. The van der Waals surface area contributed by atoms with Crippen LogP contribution in [0.4, 0.5) is 0 Å². The van der Waals surface area contributed by atoms with Crippen LogP contribution < -0.4 is 10.6 Å². The maximum Gasteiger partial charge on any atom is 0.350 e. The highest BCUT2D eigenvalue weighted by Gasteiger charge is 2.20. The van der Waals surface area contributed by atoms with Crippen molar-refractivity contribution in [1.29, 1.82) is 0 Å². The van der Waals surface area contributed by atoms with Gasteiger partial charge in [-0.2, -0.15) is 0 Å². The highest BCUT2D eigenvalue weighted by atomic mass is 127. The van der Waals surface area contributed by atoms with Gasteiger partial charge in [-0.25, -0.2) is 14.8 Å². The SMILES string of the molecule is CCOC(=O)c1sc(C(C)NC(=NC)NCCn2ccnc2)nc1C.I. The molecule has 0 aliphatic rings. The predicted octanol–water partition coefficient (Wildman–Crippen LogP) is 2.37. The minimum absolute atomic E-state index is 0. The second-order valence-corrected chi connectivity index (χ2v) is 6.38. The molecule has 2 aromatic heterocycles. The van der Waals surface area contributed by atoms with E-state index in [-0.39, 0.29) is 36.0 Å². The smallest absolute Gasteiger partial charge is 0.350 e. The van der Waals surface area contributed by atoms with Gasteiger partial charge in [0.05, 0.1) is 24.7 Å². The van der Waals surface area contributed by atoms with Gasteiger partial charge in [0.25, 0.3) is 0 Å². The zero-order valence-corrected chi connectivity index (χ0v) is 18.5. The number of nitrogens with zero attached hydrogens (tertiary/aromatic N) is 4. The number of halogens is 1. The Morgan fingerprint density at radius 3 is 2.88 bits per heavy atom. The summed E-state index contributed by atoms with van der Waals surface area (Å²) in [4.78, 5) is 25.2. The van der Waals surface area contributed by atoms with Gasteiger partial charge in [-0.1, -0.05) is 0 Å². The first-order valence-electron chi connectivity index (χ1n) is 8.12. The van der Waals surface area contributed by atoms with E-state index in [1.165, 1.54) is 11.3 Å². The van der Waals surface area contributed by atoms with Gasteiger partial charge in [0.2, 0.25) is 0 Å². The number of aromatic nitrogens is 3. The Hall–Kier alpha value is -1.69. The van der Waals surface area contributed by atoms with Crippen LogP contribution >= 0.6 is 35.3 Å². The number of thiazole rings is 1. The summed E-state index contributed by atoms with van der Waals surface area (Å²) in [5.74, 6) is 0.358. The monoisotopic (exact) mass is 492 g/mol. The molecule has 8 nitrogen and oxygen atoms in total. The Morgan fingerprint density at radius 1 is 1.50 bits per heavy atom. The molecular weight excluding hydrogens is 467 g/mol. The van der Waals surface area contributed by atoms with Crippen molar-refractivity contribution < 1.29 is 9.53 Å². The molecule has 0 aliphatic carbocycles. The summed E-state index contributed by atoms with van der Waals surface area (Å²) in [7, 11) is 1.72. The van der Waals surface area contributed by atoms with Crippen LogP contribution in [-0.2, 0) is 11.3 Å². The van der Waals surface area contributed by atoms with E-state index < -0.39 is 0 Å². The molecule has 2 heterocycles. The van der Waals surface area contributed by atoms with Gasteiger partial charge >= 0.3 is 5.97 Å². The first kappa shape index (κ1) is 22.4. The number of rotatable bonds is 7. The second-order valence-electron chi connectivity index (χ2n) is 5.35. The molecule has 0 saturated carbocycles. The standard InChI is InChI=1S/C16H24N6O2S.HI/c1-5-24-15(23)13-11(2)20-14(25-13)12(3)21-16(17-4)19-7-9-22-8-6-18-10-22;/h6,8,10,12H,5,7,9H2,1-4H3,(H2,17,19,21);1H. The summed E-state index contributed by atoms with van der Waals surface area (Å²) >= 11 is 1.35. The van der Waals surface area contributed by atoms with E-state index in [0.29, 0.717) is 29.7 Å². The molecule has 0 aromatic carbocycles. The van der Waals surface area contributed by atoms with Crippen LogP contribution in [-0.4, -0.2) is 46.7 Å². The van der Waals surface area contributed by atoms with Gasteiger partial charge in [-0.15, -0.1) is 35.3 Å². The quantitative estimate of drug-likeness (QED) is 0.267. The largest absolute Gasteiger partial charge is 0.462 e. The molecule has 2 N–H and O–H groups in total. The van der Waals surface area contributed by atoms with E-state index in [1.807, 2.05) is 24.6 Å². The number of carbonyl (C=O) groups is 1. The number of ether oxygens (including phenoxy) is 1. The van der Waals surface area contributed by atoms with Gasteiger partial charge < -0.3 is 19.9 Å². The molecule has 0 fully saturated rings. The second kappa shape index (κ2) is 11.1. The molecule has 0 amide bonds. The molecule has 0 radical (unpaired) electrons. The minimum Gasteiger partial charge on any atom is -0.462 e. The van der Waals surface area contributed by atoms with Crippen LogP contribution in [0.2, 0.25) is 0 Å². The maximum absolute atomic E-state index is 11.9. The number of aliphatic imine (C=N–C) groups is 1. The van der Waals surface area contributed by atoms with E-state index in [1.54, 1.807) is 26.5 Å². The molecule has 1 atom stereocenters. The summed E-state index contributed by atoms with van der Waals surface area (Å²) in [5, 5.41) is 7.35. The zero-order chi connectivity index (χ0) is 18.2. The van der Waals surface area contributed by atoms with Gasteiger partial charge in [0.15, 0.2) is 5.96 Å². The lowest BCUT2D eigenvalue weighted by molar-refractivity contribution is 0.0531. The Bertz CT molecular complexity index is 716. The fourth-order valence-corrected chi connectivity index (χ4v) is 3.14. The number of carbonyl (C=O) groups excluding carboxylic acids is 1. The van der Waals surface area contributed by atoms with Crippen LogP contribution in [0.25, 0.3) is 0 Å². The molecule has 0 spiro atoms. The Labute approximate surface area is 174 Å². The Morgan fingerprint density at radius 2 is 2.27 bits per heavy atom. The topological polar surface area (TPSA) is 93.4 Å². The van der Waals surface area contributed by atoms with E-state index >= 15 is 0 Å². The van der Waals surface area contributed by atoms with Crippen molar-refractivity contribution in [3.63, 3.8) is 0 Å². The van der Waals surface area contributed by atoms with Crippen molar-refractivity contribution in [1.82, 2.24) is 25.2 Å². The lowest BCUT2D eigenvalue weighted by Gasteiger charge is -2.16.